The number of nitrogens with two attached hydrogens (primary N) is 1. The van der Waals surface area contributed by atoms with E-state index in [0.29, 0.717) is 5.56 Å². The molecule has 0 fully saturated rings. The summed E-state index contributed by atoms with van der Waals surface area (Å²) in [5.41, 5.74) is 5.54. The van der Waals surface area contributed by atoms with E-state index in [2.05, 4.69) is 15.9 Å². The molecule has 0 aliphatic rings. The van der Waals surface area contributed by atoms with Crippen molar-refractivity contribution in [2.24, 2.45) is 5.73 Å². The summed E-state index contributed by atoms with van der Waals surface area (Å²) < 4.78 is 13.6. The lowest BCUT2D eigenvalue weighted by molar-refractivity contribution is -0.138. The fraction of sp³-hybridized carbons (Fsp3) is 0.222. The van der Waals surface area contributed by atoms with Crippen LogP contribution in [0.15, 0.2) is 10.5 Å². The molecule has 1 atom stereocenters. The summed E-state index contributed by atoms with van der Waals surface area (Å²) in [4.78, 5) is 10.6. The van der Waals surface area contributed by atoms with Gasteiger partial charge in [-0.3, -0.25) is 4.79 Å². The van der Waals surface area contributed by atoms with E-state index in [1.54, 1.807) is 6.92 Å². The van der Waals surface area contributed by atoms with Crippen LogP contribution in [0.25, 0.3) is 0 Å². The van der Waals surface area contributed by atoms with Crippen molar-refractivity contribution in [1.82, 2.24) is 0 Å². The van der Waals surface area contributed by atoms with Gasteiger partial charge in [-0.25, -0.2) is 4.39 Å². The predicted octanol–water partition coefficient (Wildman–Crippen LogP) is 1.69. The highest BCUT2D eigenvalue weighted by Gasteiger charge is 2.23. The van der Waals surface area contributed by atoms with Gasteiger partial charge in [0, 0.05) is 5.56 Å². The van der Waals surface area contributed by atoms with Crippen LogP contribution in [0.4, 0.5) is 4.39 Å². The summed E-state index contributed by atoms with van der Waals surface area (Å²) in [6.45, 7) is 1.60. The summed E-state index contributed by atoms with van der Waals surface area (Å²) in [5.74, 6) is -2.99. The highest BCUT2D eigenvalue weighted by molar-refractivity contribution is 9.10. The van der Waals surface area contributed by atoms with Crippen molar-refractivity contribution in [3.05, 3.63) is 27.5 Å². The Morgan fingerprint density at radius 3 is 2.67 bits per heavy atom. The molecule has 1 aromatic rings. The second-order valence-corrected chi connectivity index (χ2v) is 3.87. The van der Waals surface area contributed by atoms with Crippen molar-refractivity contribution >= 4 is 21.9 Å². The summed E-state index contributed by atoms with van der Waals surface area (Å²) in [7, 11) is 0. The van der Waals surface area contributed by atoms with Gasteiger partial charge in [-0.2, -0.15) is 0 Å². The van der Waals surface area contributed by atoms with Crippen LogP contribution < -0.4 is 5.73 Å². The maximum Gasteiger partial charge on any atom is 0.325 e. The van der Waals surface area contributed by atoms with Crippen LogP contribution in [0, 0.1) is 12.7 Å². The molecule has 0 heterocycles. The minimum absolute atomic E-state index is 0.196. The largest absolute Gasteiger partial charge is 0.504 e. The topological polar surface area (TPSA) is 83.6 Å². The number of rotatable bonds is 2. The molecule has 4 N–H and O–H groups in total. The molecule has 0 aliphatic carbocycles. The molecule has 0 aliphatic heterocycles. The van der Waals surface area contributed by atoms with Crippen molar-refractivity contribution in [2.75, 3.05) is 0 Å². The zero-order chi connectivity index (χ0) is 11.7. The number of phenols is 1. The Hall–Kier alpha value is -1.14. The first-order valence-electron chi connectivity index (χ1n) is 4.02. The zero-order valence-electron chi connectivity index (χ0n) is 7.79. The highest BCUT2D eigenvalue weighted by atomic mass is 79.9. The number of aromatic hydroxyl groups is 1. The SMILES string of the molecule is Cc1cc(C(N)C(=O)O)c(F)c(O)c1Br. The van der Waals surface area contributed by atoms with Crippen molar-refractivity contribution < 1.29 is 19.4 Å². The first-order chi connectivity index (χ1) is 6.86. The summed E-state index contributed by atoms with van der Waals surface area (Å²) >= 11 is 2.97. The van der Waals surface area contributed by atoms with Gasteiger partial charge in [0.25, 0.3) is 0 Å². The van der Waals surface area contributed by atoms with Crippen molar-refractivity contribution in [3.63, 3.8) is 0 Å². The number of phenolic OH excluding ortho intramolecular Hbond substituents is 1. The lowest BCUT2D eigenvalue weighted by atomic mass is 10.0. The van der Waals surface area contributed by atoms with E-state index in [1.807, 2.05) is 0 Å². The van der Waals surface area contributed by atoms with Crippen molar-refractivity contribution in [1.29, 1.82) is 0 Å². The Bertz CT molecular complexity index is 422. The number of carboxylic acid groups (broad SMARTS) is 1. The van der Waals surface area contributed by atoms with Gasteiger partial charge in [-0.15, -0.1) is 0 Å². The van der Waals surface area contributed by atoms with Gasteiger partial charge in [0.15, 0.2) is 11.6 Å². The van der Waals surface area contributed by atoms with E-state index < -0.39 is 23.6 Å². The second kappa shape index (κ2) is 4.16. The normalized spacial score (nSPS) is 12.5. The van der Waals surface area contributed by atoms with Gasteiger partial charge in [0.2, 0.25) is 0 Å². The molecule has 0 amide bonds. The third-order valence-electron chi connectivity index (χ3n) is 1.99. The summed E-state index contributed by atoms with van der Waals surface area (Å²) in [6.07, 6.45) is 0. The van der Waals surface area contributed by atoms with Crippen molar-refractivity contribution in [2.45, 2.75) is 13.0 Å². The van der Waals surface area contributed by atoms with E-state index >= 15 is 0 Å². The maximum atomic E-state index is 13.4. The molecule has 0 radical (unpaired) electrons. The Balaban J connectivity index is 3.38. The average Bonchev–Trinajstić information content (AvgIpc) is 2.19. The van der Waals surface area contributed by atoms with E-state index in [1.165, 1.54) is 6.07 Å². The lowest BCUT2D eigenvalue weighted by Crippen LogP contribution is -2.22. The predicted molar refractivity (Wildman–Crippen MR) is 55.1 cm³/mol. The minimum atomic E-state index is -1.48. The van der Waals surface area contributed by atoms with E-state index in [-0.39, 0.29) is 10.0 Å². The number of aryl methyl sites for hydroxylation is 1. The monoisotopic (exact) mass is 277 g/mol. The van der Waals surface area contributed by atoms with Gasteiger partial charge in [0.1, 0.15) is 6.04 Å². The fourth-order valence-corrected chi connectivity index (χ4v) is 1.43. The van der Waals surface area contributed by atoms with E-state index in [9.17, 15) is 14.3 Å². The van der Waals surface area contributed by atoms with Gasteiger partial charge < -0.3 is 15.9 Å². The van der Waals surface area contributed by atoms with Gasteiger partial charge >= 0.3 is 5.97 Å². The number of hydrogen-bond donors (Lipinski definition) is 3. The Morgan fingerprint density at radius 2 is 2.20 bits per heavy atom. The van der Waals surface area contributed by atoms with Gasteiger partial charge in [-0.1, -0.05) is 0 Å². The number of benzene rings is 1. The van der Waals surface area contributed by atoms with Gasteiger partial charge in [0.05, 0.1) is 4.47 Å². The van der Waals surface area contributed by atoms with Crippen LogP contribution in [-0.4, -0.2) is 16.2 Å². The van der Waals surface area contributed by atoms with Crippen molar-refractivity contribution in [3.8, 4) is 5.75 Å². The number of carboxylic acids is 1. The van der Waals surface area contributed by atoms with Crippen LogP contribution in [0.2, 0.25) is 0 Å². The van der Waals surface area contributed by atoms with E-state index in [4.69, 9.17) is 10.8 Å². The van der Waals surface area contributed by atoms with Gasteiger partial charge in [-0.05, 0) is 34.5 Å². The molecule has 6 heteroatoms. The molecule has 1 unspecified atom stereocenters. The Morgan fingerprint density at radius 1 is 1.67 bits per heavy atom. The molecule has 0 bridgehead atoms. The quantitative estimate of drug-likeness (QED) is 0.768. The molecule has 0 spiro atoms. The fourth-order valence-electron chi connectivity index (χ4n) is 1.14. The number of halogens is 2. The molecule has 4 nitrogen and oxygen atoms in total. The number of hydrogen-bond acceptors (Lipinski definition) is 3. The Kier molecular flexibility index (Phi) is 3.31. The van der Waals surface area contributed by atoms with Crippen LogP contribution in [0.5, 0.6) is 5.75 Å². The third-order valence-corrected chi connectivity index (χ3v) is 2.99. The molecule has 82 valence electrons. The van der Waals surface area contributed by atoms with Crippen LogP contribution in [0.1, 0.15) is 17.2 Å². The molecule has 0 saturated heterocycles. The van der Waals surface area contributed by atoms with Crippen LogP contribution in [-0.2, 0) is 4.79 Å². The number of carbonyl (C=O) groups is 1. The first-order valence-corrected chi connectivity index (χ1v) is 4.81. The zero-order valence-corrected chi connectivity index (χ0v) is 9.38. The molecule has 1 rings (SSSR count). The molecule has 0 saturated carbocycles. The lowest BCUT2D eigenvalue weighted by Gasteiger charge is -2.12. The standard InChI is InChI=1S/C9H9BrFNO3/c1-3-2-4(7(12)9(14)15)6(11)8(13)5(3)10/h2,7,13H,12H2,1H3,(H,14,15). The molecule has 0 aromatic heterocycles. The smallest absolute Gasteiger partial charge is 0.325 e. The Labute approximate surface area is 93.6 Å². The molecular formula is C9H9BrFNO3. The summed E-state index contributed by atoms with van der Waals surface area (Å²) in [5, 5.41) is 18.0. The van der Waals surface area contributed by atoms with E-state index in [0.717, 1.165) is 0 Å². The second-order valence-electron chi connectivity index (χ2n) is 3.08. The maximum absolute atomic E-state index is 13.4. The number of aliphatic carboxylic acids is 1. The highest BCUT2D eigenvalue weighted by Crippen LogP contribution is 2.34. The minimum Gasteiger partial charge on any atom is -0.504 e. The molecule has 15 heavy (non-hydrogen) atoms. The third kappa shape index (κ3) is 2.10. The first kappa shape index (κ1) is 11.9. The molecular weight excluding hydrogens is 269 g/mol. The summed E-state index contributed by atoms with van der Waals surface area (Å²) in [6, 6.07) is -0.194. The van der Waals surface area contributed by atoms with Crippen LogP contribution in [0.3, 0.4) is 0 Å². The molecule has 1 aromatic carbocycles. The average molecular weight is 278 g/mol. The van der Waals surface area contributed by atoms with Crippen LogP contribution >= 0.6 is 15.9 Å².